The van der Waals surface area contributed by atoms with E-state index in [0.29, 0.717) is 44.0 Å². The van der Waals surface area contributed by atoms with Crippen LogP contribution in [0, 0.1) is 6.92 Å². The van der Waals surface area contributed by atoms with Crippen molar-refractivity contribution in [2.45, 2.75) is 13.3 Å². The van der Waals surface area contributed by atoms with Crippen molar-refractivity contribution < 1.29 is 18.7 Å². The highest BCUT2D eigenvalue weighted by Gasteiger charge is 2.22. The molecule has 162 valence electrons. The van der Waals surface area contributed by atoms with Gasteiger partial charge >= 0.3 is 11.7 Å². The van der Waals surface area contributed by atoms with Crippen LogP contribution in [0.2, 0.25) is 0 Å². The summed E-state index contributed by atoms with van der Waals surface area (Å²) in [7, 11) is 1.74. The lowest BCUT2D eigenvalue weighted by atomic mass is 10.0. The first-order valence-corrected chi connectivity index (χ1v) is 10.5. The number of aryl methyl sites for hydroxylation is 1. The van der Waals surface area contributed by atoms with Gasteiger partial charge in [-0.05, 0) is 31.0 Å². The first-order chi connectivity index (χ1) is 14.5. The predicted molar refractivity (Wildman–Crippen MR) is 114 cm³/mol. The number of morpholine rings is 2. The topological polar surface area (TPSA) is 75.5 Å². The van der Waals surface area contributed by atoms with Crippen LogP contribution in [0.5, 0.6) is 0 Å². The summed E-state index contributed by atoms with van der Waals surface area (Å²) in [5, 5.41) is 0.905. The van der Waals surface area contributed by atoms with Gasteiger partial charge in [0.25, 0.3) is 0 Å². The minimum absolute atomic E-state index is 0.0844. The van der Waals surface area contributed by atoms with Crippen LogP contribution in [0.1, 0.15) is 11.1 Å². The van der Waals surface area contributed by atoms with Crippen LogP contribution in [-0.2, 0) is 15.9 Å². The van der Waals surface area contributed by atoms with E-state index in [4.69, 9.17) is 13.9 Å². The van der Waals surface area contributed by atoms with E-state index in [1.165, 1.54) is 0 Å². The number of fused-ring (bicyclic) bond motifs is 1. The maximum absolute atomic E-state index is 12.7. The van der Waals surface area contributed by atoms with Gasteiger partial charge < -0.3 is 18.8 Å². The minimum Gasteiger partial charge on any atom is -0.422 e. The average molecular weight is 415 g/mol. The molecule has 0 N–H and O–H groups in total. The average Bonchev–Trinajstić information content (AvgIpc) is 2.79. The monoisotopic (exact) mass is 415 g/mol. The number of carbonyl (C=O) groups is 1. The van der Waals surface area contributed by atoms with Crippen LogP contribution < -0.4 is 10.5 Å². The first-order valence-electron chi connectivity index (χ1n) is 10.5. The summed E-state index contributed by atoms with van der Waals surface area (Å²) in [6.45, 7) is 8.32. The number of carbonyl (C=O) groups excluding carboxylic acids is 1. The van der Waals surface area contributed by atoms with Gasteiger partial charge in [0.2, 0.25) is 0 Å². The predicted octanol–water partition coefficient (Wildman–Crippen LogP) is 1.86. The van der Waals surface area contributed by atoms with Gasteiger partial charge in [0, 0.05) is 62.5 Å². The van der Waals surface area contributed by atoms with Crippen molar-refractivity contribution in [2.75, 3.05) is 71.1 Å². The van der Waals surface area contributed by atoms with Crippen LogP contribution in [0.25, 0.3) is 11.0 Å². The molecule has 1 aromatic carbocycles. The molecule has 0 aliphatic carbocycles. The summed E-state index contributed by atoms with van der Waals surface area (Å²) in [5.74, 6) is 0. The molecule has 2 aliphatic heterocycles. The molecule has 2 fully saturated rings. The van der Waals surface area contributed by atoms with E-state index in [1.807, 2.05) is 19.1 Å². The molecule has 2 amide bonds. The van der Waals surface area contributed by atoms with Gasteiger partial charge in [0.1, 0.15) is 5.58 Å². The number of benzene rings is 1. The van der Waals surface area contributed by atoms with Gasteiger partial charge in [0.05, 0.1) is 26.4 Å². The smallest absolute Gasteiger partial charge is 0.339 e. The van der Waals surface area contributed by atoms with Gasteiger partial charge in [0.15, 0.2) is 0 Å². The van der Waals surface area contributed by atoms with E-state index >= 15 is 0 Å². The van der Waals surface area contributed by atoms with Crippen LogP contribution >= 0.6 is 0 Å². The van der Waals surface area contributed by atoms with E-state index in [9.17, 15) is 9.59 Å². The highest BCUT2D eigenvalue weighted by molar-refractivity contribution is 5.94. The van der Waals surface area contributed by atoms with E-state index in [2.05, 4.69) is 4.90 Å². The SMILES string of the molecule is Cc1c(CCN2CCOCC2)c(=O)oc2cc(N(C)C(=O)N3CCOCC3)ccc12. The summed E-state index contributed by atoms with van der Waals surface area (Å²) >= 11 is 0. The van der Waals surface area contributed by atoms with Gasteiger partial charge in [-0.2, -0.15) is 0 Å². The molecule has 0 bridgehead atoms. The minimum atomic E-state index is -0.299. The maximum atomic E-state index is 12.7. The summed E-state index contributed by atoms with van der Waals surface area (Å²) in [5.41, 5.74) is 2.57. The highest BCUT2D eigenvalue weighted by atomic mass is 16.5. The lowest BCUT2D eigenvalue weighted by Gasteiger charge is -2.31. The van der Waals surface area contributed by atoms with Gasteiger partial charge in [-0.25, -0.2) is 9.59 Å². The Kier molecular flexibility index (Phi) is 6.36. The van der Waals surface area contributed by atoms with E-state index < -0.39 is 0 Å². The highest BCUT2D eigenvalue weighted by Crippen LogP contribution is 2.25. The largest absolute Gasteiger partial charge is 0.422 e. The molecule has 8 heteroatoms. The zero-order chi connectivity index (χ0) is 21.1. The van der Waals surface area contributed by atoms with Crippen molar-refractivity contribution in [3.8, 4) is 0 Å². The Balaban J connectivity index is 1.54. The van der Waals surface area contributed by atoms with Gasteiger partial charge in [-0.15, -0.1) is 0 Å². The zero-order valence-electron chi connectivity index (χ0n) is 17.7. The fourth-order valence-electron chi connectivity index (χ4n) is 4.05. The molecule has 0 radical (unpaired) electrons. The number of urea groups is 1. The number of ether oxygens (including phenoxy) is 2. The van der Waals surface area contributed by atoms with E-state index in [0.717, 1.165) is 49.4 Å². The maximum Gasteiger partial charge on any atom is 0.339 e. The number of nitrogens with zero attached hydrogens (tertiary/aromatic N) is 3. The number of hydrogen-bond donors (Lipinski definition) is 0. The van der Waals surface area contributed by atoms with Gasteiger partial charge in [-0.3, -0.25) is 9.80 Å². The van der Waals surface area contributed by atoms with Crippen molar-refractivity contribution in [3.63, 3.8) is 0 Å². The van der Waals surface area contributed by atoms with Crippen molar-refractivity contribution in [3.05, 3.63) is 39.7 Å². The third kappa shape index (κ3) is 4.35. The quantitative estimate of drug-likeness (QED) is 0.710. The fourth-order valence-corrected chi connectivity index (χ4v) is 4.05. The molecule has 2 aromatic rings. The Labute approximate surface area is 175 Å². The Hall–Kier alpha value is -2.42. The van der Waals surface area contributed by atoms with Crippen LogP contribution in [0.4, 0.5) is 10.5 Å². The molecular weight excluding hydrogens is 386 g/mol. The van der Waals surface area contributed by atoms with Gasteiger partial charge in [-0.1, -0.05) is 0 Å². The number of anilines is 1. The summed E-state index contributed by atoms with van der Waals surface area (Å²) in [6, 6.07) is 5.52. The lowest BCUT2D eigenvalue weighted by molar-refractivity contribution is 0.0383. The second-order valence-electron chi connectivity index (χ2n) is 7.82. The van der Waals surface area contributed by atoms with Crippen molar-refractivity contribution in [1.82, 2.24) is 9.80 Å². The Morgan fingerprint density at radius 3 is 2.43 bits per heavy atom. The molecule has 3 heterocycles. The standard InChI is InChI=1S/C22H29N3O5/c1-16-18-4-3-17(23(2)22(27)25-9-13-29-14-10-25)15-20(18)30-21(26)19(16)5-6-24-7-11-28-12-8-24/h3-4,15H,5-14H2,1-2H3. The second kappa shape index (κ2) is 9.16. The summed E-state index contributed by atoms with van der Waals surface area (Å²) in [4.78, 5) is 31.1. The molecule has 0 saturated carbocycles. The number of hydrogen-bond acceptors (Lipinski definition) is 6. The van der Waals surface area contributed by atoms with Crippen molar-refractivity contribution >= 4 is 22.7 Å². The van der Waals surface area contributed by atoms with Crippen LogP contribution in [0.15, 0.2) is 27.4 Å². The zero-order valence-corrected chi connectivity index (χ0v) is 17.7. The number of rotatable bonds is 4. The summed E-state index contributed by atoms with van der Waals surface area (Å²) in [6.07, 6.45) is 0.654. The first kappa shape index (κ1) is 20.8. The number of amides is 2. The second-order valence-corrected chi connectivity index (χ2v) is 7.82. The molecule has 1 aromatic heterocycles. The van der Waals surface area contributed by atoms with Crippen LogP contribution in [-0.4, -0.2) is 82.0 Å². The molecule has 4 rings (SSSR count). The van der Waals surface area contributed by atoms with E-state index in [-0.39, 0.29) is 11.7 Å². The molecule has 8 nitrogen and oxygen atoms in total. The Bertz CT molecular complexity index is 961. The molecule has 0 atom stereocenters. The molecule has 2 saturated heterocycles. The van der Waals surface area contributed by atoms with E-state index in [1.54, 1.807) is 22.9 Å². The summed E-state index contributed by atoms with van der Waals surface area (Å²) < 4.78 is 16.4. The normalized spacial score (nSPS) is 18.0. The van der Waals surface area contributed by atoms with Crippen LogP contribution in [0.3, 0.4) is 0 Å². The van der Waals surface area contributed by atoms with Crippen molar-refractivity contribution in [1.29, 1.82) is 0 Å². The molecular formula is C22H29N3O5. The lowest BCUT2D eigenvalue weighted by Crippen LogP contribution is -2.47. The van der Waals surface area contributed by atoms with Crippen molar-refractivity contribution in [2.24, 2.45) is 0 Å². The molecule has 0 spiro atoms. The molecule has 30 heavy (non-hydrogen) atoms. The third-order valence-corrected chi connectivity index (χ3v) is 6.01. The Morgan fingerprint density at radius 2 is 1.73 bits per heavy atom. The molecule has 2 aliphatic rings. The fraction of sp³-hybridized carbons (Fsp3) is 0.545. The third-order valence-electron chi connectivity index (χ3n) is 6.01. The Morgan fingerprint density at radius 1 is 1.07 bits per heavy atom. The molecule has 0 unspecified atom stereocenters.